The standard InChI is InChI=1S/C17H11F3N4S/c1-10-22-23-15-16(21-13-4-2-3-5-14(13)24(10)15)25-12-8-6-11(7-9-12)17(18,19)20/h2-9H,1H3. The largest absolute Gasteiger partial charge is 0.416 e. The minimum atomic E-state index is -4.35. The first-order valence-corrected chi connectivity index (χ1v) is 8.21. The molecule has 2 aromatic carbocycles. The SMILES string of the molecule is Cc1nnc2c(Sc3ccc(C(F)(F)F)cc3)nc3ccccc3n12. The van der Waals surface area contributed by atoms with Crippen LogP contribution in [0, 0.1) is 6.92 Å². The lowest BCUT2D eigenvalue weighted by atomic mass is 10.2. The number of hydrogen-bond donors (Lipinski definition) is 0. The number of para-hydroxylation sites is 2. The molecule has 4 rings (SSSR count). The van der Waals surface area contributed by atoms with Gasteiger partial charge in [-0.2, -0.15) is 13.2 Å². The van der Waals surface area contributed by atoms with Crippen LogP contribution in [0.15, 0.2) is 58.5 Å². The van der Waals surface area contributed by atoms with Gasteiger partial charge in [-0.3, -0.25) is 4.40 Å². The third-order valence-electron chi connectivity index (χ3n) is 3.76. The molecule has 4 aromatic rings. The van der Waals surface area contributed by atoms with Crippen molar-refractivity contribution in [1.82, 2.24) is 19.6 Å². The molecule has 4 nitrogen and oxygen atoms in total. The Balaban J connectivity index is 1.81. The molecule has 0 amide bonds. The van der Waals surface area contributed by atoms with Crippen molar-refractivity contribution in [3.05, 3.63) is 59.9 Å². The van der Waals surface area contributed by atoms with E-state index in [4.69, 9.17) is 0 Å². The van der Waals surface area contributed by atoms with Crippen LogP contribution >= 0.6 is 11.8 Å². The van der Waals surface area contributed by atoms with Crippen molar-refractivity contribution < 1.29 is 13.2 Å². The van der Waals surface area contributed by atoms with E-state index in [1.807, 2.05) is 35.6 Å². The van der Waals surface area contributed by atoms with Gasteiger partial charge in [-0.05, 0) is 43.3 Å². The van der Waals surface area contributed by atoms with Gasteiger partial charge in [0.25, 0.3) is 0 Å². The Morgan fingerprint density at radius 2 is 1.68 bits per heavy atom. The molecule has 0 fully saturated rings. The molecule has 0 spiro atoms. The summed E-state index contributed by atoms with van der Waals surface area (Å²) in [7, 11) is 0. The summed E-state index contributed by atoms with van der Waals surface area (Å²) < 4.78 is 40.0. The van der Waals surface area contributed by atoms with Gasteiger partial charge in [0, 0.05) is 4.90 Å². The zero-order chi connectivity index (χ0) is 17.6. The molecule has 126 valence electrons. The minimum absolute atomic E-state index is 0.584. The minimum Gasteiger partial charge on any atom is -0.275 e. The molecule has 0 bridgehead atoms. The van der Waals surface area contributed by atoms with E-state index in [-0.39, 0.29) is 0 Å². The van der Waals surface area contributed by atoms with E-state index < -0.39 is 11.7 Å². The van der Waals surface area contributed by atoms with Gasteiger partial charge in [0.1, 0.15) is 10.9 Å². The van der Waals surface area contributed by atoms with Gasteiger partial charge in [-0.15, -0.1) is 10.2 Å². The maximum atomic E-state index is 12.7. The second-order valence-electron chi connectivity index (χ2n) is 5.44. The van der Waals surface area contributed by atoms with Crippen LogP contribution in [0.5, 0.6) is 0 Å². The molecule has 0 atom stereocenters. The van der Waals surface area contributed by atoms with Crippen LogP contribution in [0.25, 0.3) is 16.7 Å². The number of hydrogen-bond acceptors (Lipinski definition) is 4. The Morgan fingerprint density at radius 3 is 2.40 bits per heavy atom. The number of fused-ring (bicyclic) bond motifs is 3. The van der Waals surface area contributed by atoms with Gasteiger partial charge in [-0.1, -0.05) is 23.9 Å². The van der Waals surface area contributed by atoms with E-state index in [0.29, 0.717) is 15.6 Å². The van der Waals surface area contributed by atoms with Gasteiger partial charge >= 0.3 is 6.18 Å². The third kappa shape index (κ3) is 2.82. The van der Waals surface area contributed by atoms with Crippen LogP contribution in [-0.4, -0.2) is 19.6 Å². The lowest BCUT2D eigenvalue weighted by Gasteiger charge is -2.09. The van der Waals surface area contributed by atoms with E-state index in [1.165, 1.54) is 23.9 Å². The first kappa shape index (κ1) is 15.9. The number of aryl methyl sites for hydroxylation is 1. The van der Waals surface area contributed by atoms with Crippen LogP contribution < -0.4 is 0 Å². The number of halogens is 3. The number of nitrogens with zero attached hydrogens (tertiary/aromatic N) is 4. The van der Waals surface area contributed by atoms with Gasteiger partial charge < -0.3 is 0 Å². The summed E-state index contributed by atoms with van der Waals surface area (Å²) >= 11 is 1.26. The number of alkyl halides is 3. The van der Waals surface area contributed by atoms with Crippen molar-refractivity contribution in [2.45, 2.75) is 23.0 Å². The van der Waals surface area contributed by atoms with Crippen molar-refractivity contribution in [3.63, 3.8) is 0 Å². The number of rotatable bonds is 2. The van der Waals surface area contributed by atoms with E-state index in [2.05, 4.69) is 15.2 Å². The van der Waals surface area contributed by atoms with Crippen LogP contribution in [0.2, 0.25) is 0 Å². The van der Waals surface area contributed by atoms with Crippen LogP contribution in [-0.2, 0) is 6.18 Å². The number of benzene rings is 2. The van der Waals surface area contributed by atoms with Gasteiger partial charge in [-0.25, -0.2) is 4.98 Å². The monoisotopic (exact) mass is 360 g/mol. The fourth-order valence-corrected chi connectivity index (χ4v) is 3.45. The van der Waals surface area contributed by atoms with Gasteiger partial charge in [0.15, 0.2) is 5.65 Å². The first-order valence-electron chi connectivity index (χ1n) is 7.39. The van der Waals surface area contributed by atoms with Gasteiger partial charge in [0.2, 0.25) is 0 Å². The summed E-state index contributed by atoms with van der Waals surface area (Å²) in [4.78, 5) is 5.25. The summed E-state index contributed by atoms with van der Waals surface area (Å²) in [6, 6.07) is 12.6. The molecular formula is C17H11F3N4S. The third-order valence-corrected chi connectivity index (χ3v) is 4.73. The fraction of sp³-hybridized carbons (Fsp3) is 0.118. The Hall–Kier alpha value is -2.61. The van der Waals surface area contributed by atoms with Crippen molar-refractivity contribution in [2.75, 3.05) is 0 Å². The molecule has 0 N–H and O–H groups in total. The Kier molecular flexibility index (Phi) is 3.64. The van der Waals surface area contributed by atoms with Crippen molar-refractivity contribution >= 4 is 28.4 Å². The first-order chi connectivity index (χ1) is 11.9. The van der Waals surface area contributed by atoms with Crippen molar-refractivity contribution in [1.29, 1.82) is 0 Å². The lowest BCUT2D eigenvalue weighted by molar-refractivity contribution is -0.137. The quantitative estimate of drug-likeness (QED) is 0.517. The second-order valence-corrected chi connectivity index (χ2v) is 6.50. The van der Waals surface area contributed by atoms with Crippen LogP contribution in [0.1, 0.15) is 11.4 Å². The molecule has 0 aliphatic rings. The highest BCUT2D eigenvalue weighted by atomic mass is 32.2. The summed E-state index contributed by atoms with van der Waals surface area (Å²) in [5, 5.41) is 8.87. The van der Waals surface area contributed by atoms with Crippen molar-refractivity contribution in [2.24, 2.45) is 0 Å². The summed E-state index contributed by atoms with van der Waals surface area (Å²) in [5.74, 6) is 0.725. The van der Waals surface area contributed by atoms with Crippen LogP contribution in [0.3, 0.4) is 0 Å². The maximum absolute atomic E-state index is 12.7. The van der Waals surface area contributed by atoms with Crippen molar-refractivity contribution in [3.8, 4) is 0 Å². The number of aromatic nitrogens is 4. The van der Waals surface area contributed by atoms with Gasteiger partial charge in [0.05, 0.1) is 16.6 Å². The molecule has 0 saturated heterocycles. The highest BCUT2D eigenvalue weighted by molar-refractivity contribution is 7.99. The molecule has 0 aliphatic carbocycles. The highest BCUT2D eigenvalue weighted by Gasteiger charge is 2.30. The Bertz CT molecular complexity index is 1070. The topological polar surface area (TPSA) is 43.1 Å². The van der Waals surface area contributed by atoms with E-state index >= 15 is 0 Å². The molecule has 2 heterocycles. The Morgan fingerprint density at radius 1 is 0.960 bits per heavy atom. The molecule has 0 unspecified atom stereocenters. The lowest BCUT2D eigenvalue weighted by Crippen LogP contribution is -2.03. The zero-order valence-corrected chi connectivity index (χ0v) is 13.8. The predicted molar refractivity (Wildman–Crippen MR) is 88.6 cm³/mol. The maximum Gasteiger partial charge on any atom is 0.416 e. The zero-order valence-electron chi connectivity index (χ0n) is 12.9. The smallest absolute Gasteiger partial charge is 0.275 e. The molecule has 0 saturated carbocycles. The molecular weight excluding hydrogens is 349 g/mol. The molecule has 2 aromatic heterocycles. The molecule has 0 aliphatic heterocycles. The summed E-state index contributed by atoms with van der Waals surface area (Å²) in [6.45, 7) is 1.85. The highest BCUT2D eigenvalue weighted by Crippen LogP contribution is 2.34. The normalized spacial score (nSPS) is 12.2. The fourth-order valence-electron chi connectivity index (χ4n) is 2.59. The Labute approximate surface area is 144 Å². The summed E-state index contributed by atoms with van der Waals surface area (Å²) in [6.07, 6.45) is -4.35. The average Bonchev–Trinajstić information content (AvgIpc) is 2.97. The molecule has 25 heavy (non-hydrogen) atoms. The predicted octanol–water partition coefficient (Wildman–Crippen LogP) is 4.76. The van der Waals surface area contributed by atoms with E-state index in [9.17, 15) is 13.2 Å². The van der Waals surface area contributed by atoms with E-state index in [0.717, 1.165) is 29.0 Å². The summed E-state index contributed by atoms with van der Waals surface area (Å²) in [5.41, 5.74) is 1.57. The van der Waals surface area contributed by atoms with E-state index in [1.54, 1.807) is 0 Å². The molecule has 0 radical (unpaired) electrons. The molecule has 8 heteroatoms. The average molecular weight is 360 g/mol. The van der Waals surface area contributed by atoms with Crippen LogP contribution in [0.4, 0.5) is 13.2 Å². The second kappa shape index (κ2) is 5.73.